The predicted molar refractivity (Wildman–Crippen MR) is 72.1 cm³/mol. The summed E-state index contributed by atoms with van der Waals surface area (Å²) in [6.07, 6.45) is 1.33. The number of carbonyl (C=O) groups excluding carboxylic acids is 2. The second kappa shape index (κ2) is 7.66. The molecule has 7 heteroatoms. The lowest BCUT2D eigenvalue weighted by Gasteiger charge is -2.20. The van der Waals surface area contributed by atoms with Gasteiger partial charge in [0.05, 0.1) is 5.69 Å². The maximum absolute atomic E-state index is 13.4. The second-order valence-electron chi connectivity index (χ2n) is 4.47. The number of benzene rings is 1. The van der Waals surface area contributed by atoms with Crippen molar-refractivity contribution < 1.29 is 22.8 Å². The van der Waals surface area contributed by atoms with Crippen LogP contribution >= 0.6 is 0 Å². The van der Waals surface area contributed by atoms with Gasteiger partial charge in [-0.15, -0.1) is 0 Å². The molecular weight excluding hydrogens is 285 g/mol. The molecule has 21 heavy (non-hydrogen) atoms. The fraction of sp³-hybridized carbons (Fsp3) is 0.429. The zero-order valence-corrected chi connectivity index (χ0v) is 11.9. The molecular formula is C14H17F3N2O2. The number of anilines is 1. The van der Waals surface area contributed by atoms with Crippen LogP contribution in [0.3, 0.4) is 0 Å². The molecule has 0 saturated carbocycles. The van der Waals surface area contributed by atoms with Gasteiger partial charge in [-0.05, 0) is 25.0 Å². The summed E-state index contributed by atoms with van der Waals surface area (Å²) in [5.74, 6) is -6.51. The van der Waals surface area contributed by atoms with Gasteiger partial charge in [-0.1, -0.05) is 13.8 Å². The molecule has 1 aromatic carbocycles. The van der Waals surface area contributed by atoms with E-state index in [0.29, 0.717) is 32.0 Å². The van der Waals surface area contributed by atoms with Crippen molar-refractivity contribution in [1.82, 2.24) is 4.90 Å². The normalized spacial score (nSPS) is 10.3. The van der Waals surface area contributed by atoms with Crippen molar-refractivity contribution in [3.05, 3.63) is 29.6 Å². The van der Waals surface area contributed by atoms with Crippen molar-refractivity contribution in [2.75, 3.05) is 18.4 Å². The number of hydrogen-bond donors (Lipinski definition) is 1. The first-order chi connectivity index (χ1) is 9.92. The number of nitrogens with one attached hydrogen (secondary N) is 1. The van der Waals surface area contributed by atoms with Gasteiger partial charge in [0.2, 0.25) is 0 Å². The highest BCUT2D eigenvalue weighted by atomic mass is 19.2. The Labute approximate surface area is 120 Å². The molecule has 0 spiro atoms. The third kappa shape index (κ3) is 4.21. The smallest absolute Gasteiger partial charge is 0.313 e. The Kier molecular flexibility index (Phi) is 6.20. The van der Waals surface area contributed by atoms with E-state index >= 15 is 0 Å². The molecule has 1 N–H and O–H groups in total. The summed E-state index contributed by atoms with van der Waals surface area (Å²) in [7, 11) is 0. The minimum atomic E-state index is -1.70. The molecule has 0 fully saturated rings. The van der Waals surface area contributed by atoms with E-state index in [1.54, 1.807) is 0 Å². The van der Waals surface area contributed by atoms with Crippen LogP contribution in [0.2, 0.25) is 0 Å². The van der Waals surface area contributed by atoms with E-state index < -0.39 is 35.0 Å². The number of hydrogen-bond acceptors (Lipinski definition) is 2. The molecule has 0 aromatic heterocycles. The van der Waals surface area contributed by atoms with Gasteiger partial charge in [0, 0.05) is 13.1 Å². The molecule has 0 aliphatic rings. The summed E-state index contributed by atoms with van der Waals surface area (Å²) in [4.78, 5) is 25.0. The molecule has 0 heterocycles. The van der Waals surface area contributed by atoms with Gasteiger partial charge < -0.3 is 10.2 Å². The summed E-state index contributed by atoms with van der Waals surface area (Å²) >= 11 is 0. The summed E-state index contributed by atoms with van der Waals surface area (Å²) in [5, 5.41) is 1.96. The van der Waals surface area contributed by atoms with Crippen LogP contribution in [-0.2, 0) is 9.59 Å². The fourth-order valence-corrected chi connectivity index (χ4v) is 1.80. The summed E-state index contributed by atoms with van der Waals surface area (Å²) in [6.45, 7) is 4.48. The number of amides is 2. The van der Waals surface area contributed by atoms with Crippen molar-refractivity contribution in [2.45, 2.75) is 26.7 Å². The highest BCUT2D eigenvalue weighted by Gasteiger charge is 2.23. The van der Waals surface area contributed by atoms with E-state index in [1.807, 2.05) is 19.2 Å². The van der Waals surface area contributed by atoms with Gasteiger partial charge in [-0.3, -0.25) is 9.59 Å². The molecule has 1 aromatic rings. The Morgan fingerprint density at radius 3 is 2.14 bits per heavy atom. The number of rotatable bonds is 5. The van der Waals surface area contributed by atoms with E-state index in [-0.39, 0.29) is 0 Å². The predicted octanol–water partition coefficient (Wildman–Crippen LogP) is 2.69. The first kappa shape index (κ1) is 17.0. The van der Waals surface area contributed by atoms with E-state index in [9.17, 15) is 22.8 Å². The quantitative estimate of drug-likeness (QED) is 0.671. The first-order valence-electron chi connectivity index (χ1n) is 6.66. The van der Waals surface area contributed by atoms with Crippen LogP contribution < -0.4 is 5.32 Å². The van der Waals surface area contributed by atoms with Crippen molar-refractivity contribution in [3.8, 4) is 0 Å². The summed E-state index contributed by atoms with van der Waals surface area (Å²) in [6, 6.07) is 1.54. The number of carbonyl (C=O) groups is 2. The molecule has 0 saturated heterocycles. The highest BCUT2D eigenvalue weighted by Crippen LogP contribution is 2.19. The van der Waals surface area contributed by atoms with Crippen LogP contribution in [0, 0.1) is 17.5 Å². The minimum Gasteiger partial charge on any atom is -0.334 e. The molecule has 0 radical (unpaired) electrons. The van der Waals surface area contributed by atoms with Gasteiger partial charge in [-0.2, -0.15) is 0 Å². The SMILES string of the molecule is CCCN(CCC)C(=O)C(=O)Nc1ccc(F)c(F)c1F. The van der Waals surface area contributed by atoms with Crippen molar-refractivity contribution in [1.29, 1.82) is 0 Å². The number of halogens is 3. The third-order valence-corrected chi connectivity index (χ3v) is 2.75. The highest BCUT2D eigenvalue weighted by molar-refractivity contribution is 6.39. The summed E-state index contributed by atoms with van der Waals surface area (Å²) < 4.78 is 39.3. The van der Waals surface area contributed by atoms with Crippen LogP contribution in [0.5, 0.6) is 0 Å². The first-order valence-corrected chi connectivity index (χ1v) is 6.66. The Balaban J connectivity index is 2.85. The monoisotopic (exact) mass is 302 g/mol. The van der Waals surface area contributed by atoms with Crippen LogP contribution in [0.1, 0.15) is 26.7 Å². The maximum atomic E-state index is 13.4. The lowest BCUT2D eigenvalue weighted by Crippen LogP contribution is -2.40. The average molecular weight is 302 g/mol. The van der Waals surface area contributed by atoms with Gasteiger partial charge in [-0.25, -0.2) is 13.2 Å². The van der Waals surface area contributed by atoms with E-state index in [0.717, 1.165) is 6.07 Å². The maximum Gasteiger partial charge on any atom is 0.313 e. The Bertz CT molecular complexity index is 529. The van der Waals surface area contributed by atoms with Crippen LogP contribution in [-0.4, -0.2) is 29.8 Å². The van der Waals surface area contributed by atoms with E-state index in [1.165, 1.54) is 4.90 Å². The minimum absolute atomic E-state index is 0.389. The lowest BCUT2D eigenvalue weighted by molar-refractivity contribution is -0.143. The Morgan fingerprint density at radius 1 is 1.05 bits per heavy atom. The zero-order chi connectivity index (χ0) is 16.0. The molecule has 0 unspecified atom stereocenters. The lowest BCUT2D eigenvalue weighted by atomic mass is 10.2. The van der Waals surface area contributed by atoms with Crippen LogP contribution in [0.4, 0.5) is 18.9 Å². The Morgan fingerprint density at radius 2 is 1.62 bits per heavy atom. The van der Waals surface area contributed by atoms with E-state index in [2.05, 4.69) is 0 Å². The molecule has 1 rings (SSSR count). The van der Waals surface area contributed by atoms with Gasteiger partial charge >= 0.3 is 11.8 Å². The molecule has 116 valence electrons. The number of nitrogens with zero attached hydrogens (tertiary/aromatic N) is 1. The fourth-order valence-electron chi connectivity index (χ4n) is 1.80. The molecule has 0 atom stereocenters. The van der Waals surface area contributed by atoms with Gasteiger partial charge in [0.25, 0.3) is 0 Å². The standard InChI is InChI=1S/C14H17F3N2O2/c1-3-7-19(8-4-2)14(21)13(20)18-10-6-5-9(15)11(16)12(10)17/h5-6H,3-4,7-8H2,1-2H3,(H,18,20). The third-order valence-electron chi connectivity index (χ3n) is 2.75. The van der Waals surface area contributed by atoms with Gasteiger partial charge in [0.15, 0.2) is 17.5 Å². The van der Waals surface area contributed by atoms with E-state index in [4.69, 9.17) is 0 Å². The summed E-state index contributed by atoms with van der Waals surface area (Å²) in [5.41, 5.74) is -0.569. The van der Waals surface area contributed by atoms with Gasteiger partial charge in [0.1, 0.15) is 0 Å². The van der Waals surface area contributed by atoms with Crippen molar-refractivity contribution in [3.63, 3.8) is 0 Å². The van der Waals surface area contributed by atoms with Crippen molar-refractivity contribution >= 4 is 17.5 Å². The van der Waals surface area contributed by atoms with Crippen molar-refractivity contribution in [2.24, 2.45) is 0 Å². The molecule has 4 nitrogen and oxygen atoms in total. The largest absolute Gasteiger partial charge is 0.334 e. The molecule has 2 amide bonds. The average Bonchev–Trinajstić information content (AvgIpc) is 2.46. The zero-order valence-electron chi connectivity index (χ0n) is 11.9. The molecule has 0 aliphatic heterocycles. The second-order valence-corrected chi connectivity index (χ2v) is 4.47. The van der Waals surface area contributed by atoms with Crippen LogP contribution in [0.15, 0.2) is 12.1 Å². The Hall–Kier alpha value is -2.05. The molecule has 0 bridgehead atoms. The van der Waals surface area contributed by atoms with Crippen LogP contribution in [0.25, 0.3) is 0 Å². The topological polar surface area (TPSA) is 49.4 Å². The molecule has 0 aliphatic carbocycles.